The number of anilines is 2. The zero-order chi connectivity index (χ0) is 31.9. The van der Waals surface area contributed by atoms with E-state index in [4.69, 9.17) is 15.2 Å². The maximum atomic E-state index is 12.4. The van der Waals surface area contributed by atoms with Crippen molar-refractivity contribution in [3.8, 4) is 0 Å². The van der Waals surface area contributed by atoms with Crippen LogP contribution in [-0.4, -0.2) is 46.2 Å². The van der Waals surface area contributed by atoms with E-state index in [1.807, 2.05) is 60.7 Å². The van der Waals surface area contributed by atoms with Crippen molar-refractivity contribution < 1.29 is 29.3 Å². The molecule has 2 amide bonds. The van der Waals surface area contributed by atoms with Gasteiger partial charge in [-0.2, -0.15) is 11.8 Å². The van der Waals surface area contributed by atoms with Crippen molar-refractivity contribution in [1.29, 1.82) is 0 Å². The zero-order valence-electron chi connectivity index (χ0n) is 25.7. The van der Waals surface area contributed by atoms with E-state index in [1.54, 1.807) is 23.9 Å². The largest absolute Gasteiger partial charge is 0.397 e. The summed E-state index contributed by atoms with van der Waals surface area (Å²) < 4.78 is 12.7. The van der Waals surface area contributed by atoms with Gasteiger partial charge in [-0.25, -0.2) is 0 Å². The van der Waals surface area contributed by atoms with Gasteiger partial charge in [0.2, 0.25) is 11.8 Å². The smallest absolute Gasteiger partial charge is 0.224 e. The van der Waals surface area contributed by atoms with Gasteiger partial charge in [-0.3, -0.25) is 9.59 Å². The van der Waals surface area contributed by atoms with Crippen molar-refractivity contribution in [1.82, 2.24) is 5.32 Å². The number of aliphatic hydroxyl groups is 2. The Morgan fingerprint density at radius 1 is 0.822 bits per heavy atom. The third kappa shape index (κ3) is 11.5. The highest BCUT2D eigenvalue weighted by Gasteiger charge is 2.32. The molecule has 0 unspecified atom stereocenters. The van der Waals surface area contributed by atoms with E-state index in [2.05, 4.69) is 10.6 Å². The maximum Gasteiger partial charge on any atom is 0.224 e. The first kappa shape index (κ1) is 34.5. The summed E-state index contributed by atoms with van der Waals surface area (Å²) in [6.45, 7) is 0.570. The van der Waals surface area contributed by atoms with Crippen LogP contribution in [0.3, 0.4) is 0 Å². The van der Waals surface area contributed by atoms with E-state index >= 15 is 0 Å². The molecule has 1 heterocycles. The third-order valence-electron chi connectivity index (χ3n) is 7.69. The van der Waals surface area contributed by atoms with Gasteiger partial charge < -0.3 is 36.1 Å². The van der Waals surface area contributed by atoms with Crippen LogP contribution < -0.4 is 16.4 Å². The summed E-state index contributed by atoms with van der Waals surface area (Å²) in [5.74, 6) is 1.37. The van der Waals surface area contributed by atoms with E-state index in [0.717, 1.165) is 53.7 Å². The molecule has 3 aromatic carbocycles. The Kier molecular flexibility index (Phi) is 14.2. The molecule has 1 aliphatic rings. The van der Waals surface area contributed by atoms with Crippen LogP contribution in [0.4, 0.5) is 11.4 Å². The number of rotatable bonds is 17. The summed E-state index contributed by atoms with van der Waals surface area (Å²) in [4.78, 5) is 24.5. The Hall–Kier alpha value is -3.41. The number of ether oxygens (including phenoxy) is 2. The lowest BCUT2D eigenvalue weighted by Gasteiger charge is -2.36. The quantitative estimate of drug-likeness (QED) is 0.0949. The van der Waals surface area contributed by atoms with Gasteiger partial charge in [0.1, 0.15) is 0 Å². The fraction of sp³-hybridized carbons (Fsp3) is 0.429. The van der Waals surface area contributed by atoms with Gasteiger partial charge in [-0.15, -0.1) is 0 Å². The van der Waals surface area contributed by atoms with Crippen LogP contribution in [0, 0.1) is 0 Å². The van der Waals surface area contributed by atoms with Gasteiger partial charge in [0, 0.05) is 42.9 Å². The lowest BCUT2D eigenvalue weighted by molar-refractivity contribution is -0.245. The number of unbranched alkanes of at least 4 members (excludes halogenated alkanes) is 3. The minimum absolute atomic E-state index is 0.00123. The molecule has 0 saturated carbocycles. The fourth-order valence-corrected chi connectivity index (χ4v) is 5.91. The summed E-state index contributed by atoms with van der Waals surface area (Å²) in [5, 5.41) is 24.4. The second-order valence-electron chi connectivity index (χ2n) is 11.2. The van der Waals surface area contributed by atoms with Gasteiger partial charge in [0.05, 0.1) is 36.8 Å². The number of benzene rings is 3. The Morgan fingerprint density at radius 2 is 1.49 bits per heavy atom. The molecule has 10 heteroatoms. The molecule has 3 aromatic rings. The second kappa shape index (κ2) is 18.5. The number of nitrogens with two attached hydrogens (primary N) is 1. The monoisotopic (exact) mass is 635 g/mol. The number of nitrogens with one attached hydrogen (secondary N) is 2. The molecular weight excluding hydrogens is 590 g/mol. The number of hydrogen-bond donors (Lipinski definition) is 5. The normalized spacial score (nSPS) is 18.0. The molecular formula is C35H45N3O6S. The van der Waals surface area contributed by atoms with Gasteiger partial charge in [0.15, 0.2) is 6.29 Å². The summed E-state index contributed by atoms with van der Waals surface area (Å²) in [5.41, 5.74) is 10.8. The number of carbonyl (C=O) groups excluding carboxylic acids is 2. The number of hydrogen-bond acceptors (Lipinski definition) is 8. The molecule has 1 saturated heterocycles. The molecule has 45 heavy (non-hydrogen) atoms. The molecule has 1 aliphatic heterocycles. The molecule has 0 radical (unpaired) electrons. The first-order valence-electron chi connectivity index (χ1n) is 15.6. The number of aliphatic hydroxyl groups excluding tert-OH is 2. The van der Waals surface area contributed by atoms with Crippen LogP contribution in [0.25, 0.3) is 0 Å². The van der Waals surface area contributed by atoms with Gasteiger partial charge in [-0.05, 0) is 41.7 Å². The Balaban J connectivity index is 1.17. The van der Waals surface area contributed by atoms with Gasteiger partial charge in [-0.1, -0.05) is 73.5 Å². The molecule has 4 rings (SSSR count). The molecule has 6 N–H and O–H groups in total. The van der Waals surface area contributed by atoms with Crippen LogP contribution in [0.5, 0.6) is 0 Å². The molecule has 3 atom stereocenters. The third-order valence-corrected chi connectivity index (χ3v) is 8.77. The summed E-state index contributed by atoms with van der Waals surface area (Å²) in [6.07, 6.45) is 4.16. The minimum atomic E-state index is -0.535. The van der Waals surface area contributed by atoms with Crippen LogP contribution in [-0.2, 0) is 32.2 Å². The molecule has 242 valence electrons. The lowest BCUT2D eigenvalue weighted by Crippen LogP contribution is -2.31. The van der Waals surface area contributed by atoms with Crippen molar-refractivity contribution in [2.45, 2.75) is 76.6 Å². The van der Waals surface area contributed by atoms with Crippen molar-refractivity contribution >= 4 is 35.0 Å². The number of amides is 2. The maximum absolute atomic E-state index is 12.4. The minimum Gasteiger partial charge on any atom is -0.397 e. The summed E-state index contributed by atoms with van der Waals surface area (Å²) >= 11 is 1.66. The fourth-order valence-electron chi connectivity index (χ4n) is 5.13. The van der Waals surface area contributed by atoms with Crippen molar-refractivity contribution in [2.24, 2.45) is 0 Å². The predicted octanol–water partition coefficient (Wildman–Crippen LogP) is 5.63. The Bertz CT molecular complexity index is 1340. The highest BCUT2D eigenvalue weighted by atomic mass is 32.2. The van der Waals surface area contributed by atoms with E-state index in [9.17, 15) is 19.8 Å². The lowest BCUT2D eigenvalue weighted by atomic mass is 10.0. The van der Waals surface area contributed by atoms with Crippen LogP contribution >= 0.6 is 11.8 Å². The first-order valence-corrected chi connectivity index (χ1v) is 16.8. The van der Waals surface area contributed by atoms with E-state index in [1.165, 1.54) is 0 Å². The summed E-state index contributed by atoms with van der Waals surface area (Å²) in [6, 6.07) is 22.9. The van der Waals surface area contributed by atoms with Crippen molar-refractivity contribution in [2.75, 3.05) is 29.2 Å². The predicted molar refractivity (Wildman–Crippen MR) is 178 cm³/mol. The molecule has 0 spiro atoms. The van der Waals surface area contributed by atoms with E-state index < -0.39 is 6.29 Å². The number of carbonyl (C=O) groups is 2. The number of nitrogen functional groups attached to an aromatic ring is 1. The Morgan fingerprint density at radius 3 is 2.18 bits per heavy atom. The highest BCUT2D eigenvalue weighted by molar-refractivity contribution is 7.99. The second-order valence-corrected chi connectivity index (χ2v) is 12.4. The molecule has 1 fully saturated rings. The van der Waals surface area contributed by atoms with Crippen LogP contribution in [0.15, 0.2) is 72.8 Å². The van der Waals surface area contributed by atoms with Gasteiger partial charge >= 0.3 is 0 Å². The highest BCUT2D eigenvalue weighted by Crippen LogP contribution is 2.38. The standard InChI is InChI=1S/C35H45N3O6S/c36-30-7-5-6-8-31(30)38-34(42)10-4-2-1-3-9-33(41)37-22-25-11-17-28(18-12-25)35-43-29(24-45-20-19-39)21-32(44-35)27-15-13-26(23-40)14-16-27/h5-8,11-18,29,32,35,39-40H,1-4,9-10,19-24,36H2,(H,37,41)(H,38,42)/t29-,32+,35+/m0/s1. The summed E-state index contributed by atoms with van der Waals surface area (Å²) in [7, 11) is 0. The first-order chi connectivity index (χ1) is 21.9. The SMILES string of the molecule is Nc1ccccc1NC(=O)CCCCCCC(=O)NCc1ccc([C@@H]2O[C@H](CSCCO)C[C@H](c3ccc(CO)cc3)O2)cc1. The van der Waals surface area contributed by atoms with Crippen molar-refractivity contribution in [3.05, 3.63) is 95.1 Å². The van der Waals surface area contributed by atoms with Crippen LogP contribution in [0.1, 0.15) is 79.6 Å². The Labute approximate surface area is 269 Å². The van der Waals surface area contributed by atoms with E-state index in [0.29, 0.717) is 42.9 Å². The number of thioether (sulfide) groups is 1. The topological polar surface area (TPSA) is 143 Å². The molecule has 0 bridgehead atoms. The number of para-hydroxylation sites is 2. The molecule has 0 aromatic heterocycles. The van der Waals surface area contributed by atoms with E-state index in [-0.39, 0.29) is 37.2 Å². The van der Waals surface area contributed by atoms with Gasteiger partial charge in [0.25, 0.3) is 0 Å². The average molecular weight is 636 g/mol. The molecule has 9 nitrogen and oxygen atoms in total. The molecule has 0 aliphatic carbocycles. The average Bonchev–Trinajstić information content (AvgIpc) is 3.06. The van der Waals surface area contributed by atoms with Crippen LogP contribution in [0.2, 0.25) is 0 Å². The zero-order valence-corrected chi connectivity index (χ0v) is 26.5. The van der Waals surface area contributed by atoms with Crippen molar-refractivity contribution in [3.63, 3.8) is 0 Å².